The van der Waals surface area contributed by atoms with Crippen LogP contribution in [0.4, 0.5) is 0 Å². The van der Waals surface area contributed by atoms with Gasteiger partial charge in [0.2, 0.25) is 0 Å². The predicted octanol–water partition coefficient (Wildman–Crippen LogP) is 2.34. The summed E-state index contributed by atoms with van der Waals surface area (Å²) in [4.78, 5) is 3.96. The first-order valence-electron chi connectivity index (χ1n) is 5.70. The third kappa shape index (κ3) is 2.25. The quantitative estimate of drug-likeness (QED) is 0.854. The molecule has 0 amide bonds. The Morgan fingerprint density at radius 2 is 2.13 bits per heavy atom. The van der Waals surface area contributed by atoms with Crippen molar-refractivity contribution >= 4 is 11.3 Å². The first-order chi connectivity index (χ1) is 7.22. The van der Waals surface area contributed by atoms with Crippen LogP contribution in [0.1, 0.15) is 24.8 Å². The highest BCUT2D eigenvalue weighted by atomic mass is 32.1. The fraction of sp³-hybridized carbons (Fsp3) is 0.667. The van der Waals surface area contributed by atoms with Crippen LogP contribution in [0.25, 0.3) is 0 Å². The minimum Gasteiger partial charge on any atom is -0.329 e. The van der Waals surface area contributed by atoms with Crippen LogP contribution < -0.4 is 5.73 Å². The molecule has 2 N–H and O–H groups in total. The summed E-state index contributed by atoms with van der Waals surface area (Å²) in [5.41, 5.74) is 5.90. The highest BCUT2D eigenvalue weighted by molar-refractivity contribution is 7.10. The molecule has 0 saturated carbocycles. The second-order valence-electron chi connectivity index (χ2n) is 4.68. The van der Waals surface area contributed by atoms with Gasteiger partial charge in [-0.05, 0) is 23.3 Å². The van der Waals surface area contributed by atoms with Gasteiger partial charge >= 0.3 is 0 Å². The van der Waals surface area contributed by atoms with Gasteiger partial charge in [-0.25, -0.2) is 0 Å². The lowest BCUT2D eigenvalue weighted by Crippen LogP contribution is -2.31. The molecule has 2 heterocycles. The van der Waals surface area contributed by atoms with E-state index in [-0.39, 0.29) is 0 Å². The summed E-state index contributed by atoms with van der Waals surface area (Å²) in [6, 6.07) is 4.76. The summed E-state index contributed by atoms with van der Waals surface area (Å²) in [6.07, 6.45) is 0. The Hall–Kier alpha value is -0.380. The Labute approximate surface area is 96.1 Å². The van der Waals surface area contributed by atoms with Crippen LogP contribution in [-0.4, -0.2) is 24.5 Å². The van der Waals surface area contributed by atoms with Gasteiger partial charge in [-0.1, -0.05) is 19.9 Å². The van der Waals surface area contributed by atoms with Crippen molar-refractivity contribution in [1.82, 2.24) is 4.90 Å². The van der Waals surface area contributed by atoms with Gasteiger partial charge in [-0.15, -0.1) is 11.3 Å². The first kappa shape index (κ1) is 11.1. The predicted molar refractivity (Wildman–Crippen MR) is 66.0 cm³/mol. The zero-order chi connectivity index (χ0) is 10.8. The van der Waals surface area contributed by atoms with Crippen LogP contribution in [0.15, 0.2) is 17.5 Å². The number of rotatable bonds is 3. The van der Waals surface area contributed by atoms with E-state index in [9.17, 15) is 0 Å². The van der Waals surface area contributed by atoms with Crippen molar-refractivity contribution in [1.29, 1.82) is 0 Å². The van der Waals surface area contributed by atoms with Crippen molar-refractivity contribution in [2.24, 2.45) is 17.6 Å². The van der Waals surface area contributed by atoms with Crippen molar-refractivity contribution in [3.05, 3.63) is 22.4 Å². The zero-order valence-corrected chi connectivity index (χ0v) is 10.3. The summed E-state index contributed by atoms with van der Waals surface area (Å²) in [5, 5.41) is 2.14. The largest absolute Gasteiger partial charge is 0.329 e. The molecular formula is C12H20N2S. The molecule has 15 heavy (non-hydrogen) atoms. The molecular weight excluding hydrogens is 204 g/mol. The molecule has 84 valence electrons. The van der Waals surface area contributed by atoms with Crippen LogP contribution in [-0.2, 0) is 0 Å². The Bertz CT molecular complexity index is 287. The van der Waals surface area contributed by atoms with E-state index >= 15 is 0 Å². The Morgan fingerprint density at radius 1 is 1.47 bits per heavy atom. The average Bonchev–Trinajstić information content (AvgIpc) is 2.80. The monoisotopic (exact) mass is 224 g/mol. The summed E-state index contributed by atoms with van der Waals surface area (Å²) in [7, 11) is 0. The van der Waals surface area contributed by atoms with E-state index in [2.05, 4.69) is 36.3 Å². The molecule has 3 unspecified atom stereocenters. The van der Waals surface area contributed by atoms with Gasteiger partial charge in [0.1, 0.15) is 0 Å². The summed E-state index contributed by atoms with van der Waals surface area (Å²) in [6.45, 7) is 7.81. The van der Waals surface area contributed by atoms with Crippen molar-refractivity contribution in [3.63, 3.8) is 0 Å². The number of thiophene rings is 1. The molecule has 1 aliphatic rings. The van der Waals surface area contributed by atoms with Crippen molar-refractivity contribution in [2.45, 2.75) is 19.9 Å². The molecule has 2 rings (SSSR count). The molecule has 0 aromatic carbocycles. The van der Waals surface area contributed by atoms with Crippen LogP contribution in [0.2, 0.25) is 0 Å². The third-order valence-corrected chi connectivity index (χ3v) is 4.53. The second-order valence-corrected chi connectivity index (χ2v) is 5.65. The average molecular weight is 224 g/mol. The topological polar surface area (TPSA) is 29.3 Å². The molecule has 0 bridgehead atoms. The van der Waals surface area contributed by atoms with E-state index in [4.69, 9.17) is 5.73 Å². The molecule has 0 radical (unpaired) electrons. The van der Waals surface area contributed by atoms with Crippen molar-refractivity contribution < 1.29 is 0 Å². The van der Waals surface area contributed by atoms with E-state index in [1.165, 1.54) is 18.0 Å². The lowest BCUT2D eigenvalue weighted by Gasteiger charge is -2.25. The molecule has 3 atom stereocenters. The van der Waals surface area contributed by atoms with E-state index in [0.29, 0.717) is 6.04 Å². The number of nitrogens with two attached hydrogens (primary N) is 1. The number of hydrogen-bond acceptors (Lipinski definition) is 3. The van der Waals surface area contributed by atoms with E-state index in [0.717, 1.165) is 18.4 Å². The normalized spacial score (nSPS) is 29.5. The Balaban J connectivity index is 2.08. The maximum Gasteiger partial charge on any atom is 0.0564 e. The lowest BCUT2D eigenvalue weighted by atomic mass is 10.0. The van der Waals surface area contributed by atoms with Crippen molar-refractivity contribution in [2.75, 3.05) is 19.6 Å². The lowest BCUT2D eigenvalue weighted by molar-refractivity contribution is 0.243. The summed E-state index contributed by atoms with van der Waals surface area (Å²) < 4.78 is 0. The van der Waals surface area contributed by atoms with Crippen molar-refractivity contribution in [3.8, 4) is 0 Å². The molecule has 1 fully saturated rings. The van der Waals surface area contributed by atoms with Crippen LogP contribution in [0.3, 0.4) is 0 Å². The van der Waals surface area contributed by atoms with Crippen LogP contribution in [0, 0.1) is 11.8 Å². The maximum absolute atomic E-state index is 5.90. The molecule has 1 aliphatic heterocycles. The first-order valence-corrected chi connectivity index (χ1v) is 6.58. The van der Waals surface area contributed by atoms with Gasteiger partial charge in [-0.2, -0.15) is 0 Å². The van der Waals surface area contributed by atoms with Gasteiger partial charge in [0.05, 0.1) is 6.04 Å². The highest BCUT2D eigenvalue weighted by Crippen LogP contribution is 2.31. The Morgan fingerprint density at radius 3 is 2.60 bits per heavy atom. The fourth-order valence-electron chi connectivity index (χ4n) is 2.35. The molecule has 1 aromatic rings. The van der Waals surface area contributed by atoms with Crippen LogP contribution >= 0.6 is 11.3 Å². The smallest absolute Gasteiger partial charge is 0.0564 e. The number of nitrogens with zero attached hydrogens (tertiary/aromatic N) is 1. The molecule has 1 saturated heterocycles. The number of likely N-dealkylation sites (tertiary alicyclic amines) is 1. The number of hydrogen-bond donors (Lipinski definition) is 1. The standard InChI is InChI=1S/C12H20N2S/c1-9-7-14(8-10(9)2)11(6-13)12-4-3-5-15-12/h3-5,9-11H,6-8,13H2,1-2H3. The van der Waals surface area contributed by atoms with E-state index in [1.54, 1.807) is 0 Å². The SMILES string of the molecule is CC1CN(C(CN)c2cccs2)CC1C. The van der Waals surface area contributed by atoms with Gasteiger partial charge < -0.3 is 5.73 Å². The molecule has 3 heteroatoms. The molecule has 2 nitrogen and oxygen atoms in total. The highest BCUT2D eigenvalue weighted by Gasteiger charge is 2.31. The molecule has 1 aromatic heterocycles. The summed E-state index contributed by atoms with van der Waals surface area (Å²) >= 11 is 1.82. The second kappa shape index (κ2) is 4.64. The molecule has 0 spiro atoms. The van der Waals surface area contributed by atoms with Gasteiger partial charge in [0.15, 0.2) is 0 Å². The third-order valence-electron chi connectivity index (χ3n) is 3.55. The Kier molecular flexibility index (Phi) is 3.44. The summed E-state index contributed by atoms with van der Waals surface area (Å²) in [5.74, 6) is 1.61. The van der Waals surface area contributed by atoms with Gasteiger partial charge in [-0.3, -0.25) is 4.90 Å². The minimum absolute atomic E-state index is 0.442. The van der Waals surface area contributed by atoms with Gasteiger partial charge in [0.25, 0.3) is 0 Å². The van der Waals surface area contributed by atoms with Gasteiger partial charge in [0, 0.05) is 24.5 Å². The maximum atomic E-state index is 5.90. The van der Waals surface area contributed by atoms with Crippen LogP contribution in [0.5, 0.6) is 0 Å². The van der Waals surface area contributed by atoms with E-state index in [1.807, 2.05) is 11.3 Å². The fourth-order valence-corrected chi connectivity index (χ4v) is 3.23. The zero-order valence-electron chi connectivity index (χ0n) is 9.52. The van der Waals surface area contributed by atoms with E-state index < -0.39 is 0 Å². The molecule has 0 aliphatic carbocycles. The minimum atomic E-state index is 0.442.